The molecule has 0 saturated carbocycles. The SMILES string of the molecule is Cn1ccn2ncc(C(=O)N3CC[C@@H]4Oc5cc(F)cc(c5)CNC(=O)COc5cccc(c5)-c5cncc(c5)C(=O)N[C@@H]4C3)c12. The van der Waals surface area contributed by atoms with Gasteiger partial charge in [0, 0.05) is 69.5 Å². The molecule has 0 unspecified atom stereocenters. The molecule has 2 N–H and O–H groups in total. The average molecular weight is 624 g/mol. The van der Waals surface area contributed by atoms with E-state index >= 15 is 0 Å². The highest BCUT2D eigenvalue weighted by Crippen LogP contribution is 2.27. The molecule has 2 aromatic carbocycles. The van der Waals surface area contributed by atoms with E-state index in [1.54, 1.807) is 52.1 Å². The Labute approximate surface area is 262 Å². The molecule has 2 aliphatic heterocycles. The van der Waals surface area contributed by atoms with Crippen molar-refractivity contribution in [3.63, 3.8) is 0 Å². The van der Waals surface area contributed by atoms with Crippen molar-refractivity contribution in [3.05, 3.63) is 102 Å². The molecule has 2 atom stereocenters. The van der Waals surface area contributed by atoms with Crippen LogP contribution in [-0.4, -0.2) is 73.6 Å². The van der Waals surface area contributed by atoms with Crippen LogP contribution in [0.25, 0.3) is 16.8 Å². The lowest BCUT2D eigenvalue weighted by Gasteiger charge is -2.38. The number of likely N-dealkylation sites (tertiary alicyclic amines) is 1. The predicted molar refractivity (Wildman–Crippen MR) is 164 cm³/mol. The Morgan fingerprint density at radius 1 is 1.00 bits per heavy atom. The maximum Gasteiger partial charge on any atom is 0.259 e. The van der Waals surface area contributed by atoms with E-state index in [0.29, 0.717) is 46.6 Å². The molecular formula is C33H30FN7O5. The second-order valence-electron chi connectivity index (χ2n) is 11.4. The summed E-state index contributed by atoms with van der Waals surface area (Å²) < 4.78 is 30.2. The average Bonchev–Trinajstić information content (AvgIpc) is 3.65. The largest absolute Gasteiger partial charge is 0.488 e. The standard InChI is InChI=1S/C33H30FN7O5/c1-39-7-8-41-32(39)27(17-37-41)33(44)40-6-5-29-28(18-40)38-31(43)23-11-22(15-35-16-23)21-3-2-4-25(12-21)45-19-30(42)36-14-20-9-24(34)13-26(10-20)46-29/h2-4,7-13,15-17,28-29H,5-6,14,18-19H2,1H3,(H,36,42)(H,38,43)/t28-,29+/m1/s1. The number of benzene rings is 2. The fourth-order valence-corrected chi connectivity index (χ4v) is 5.87. The van der Waals surface area contributed by atoms with E-state index in [-0.39, 0.29) is 37.3 Å². The van der Waals surface area contributed by atoms with Crippen molar-refractivity contribution >= 4 is 23.4 Å². The van der Waals surface area contributed by atoms with Crippen LogP contribution in [-0.2, 0) is 18.4 Å². The Bertz CT molecular complexity index is 1970. The lowest BCUT2D eigenvalue weighted by atomic mass is 10.00. The highest BCUT2D eigenvalue weighted by atomic mass is 19.1. The number of imidazole rings is 1. The van der Waals surface area contributed by atoms with Gasteiger partial charge in [0.25, 0.3) is 17.7 Å². The maximum atomic E-state index is 14.7. The molecule has 0 radical (unpaired) electrons. The summed E-state index contributed by atoms with van der Waals surface area (Å²) in [6.07, 6.45) is 7.98. The van der Waals surface area contributed by atoms with Crippen molar-refractivity contribution in [3.8, 4) is 22.6 Å². The van der Waals surface area contributed by atoms with E-state index in [1.165, 1.54) is 24.5 Å². The summed E-state index contributed by atoms with van der Waals surface area (Å²) in [4.78, 5) is 45.9. The molecule has 7 rings (SSSR count). The molecule has 5 heterocycles. The monoisotopic (exact) mass is 623 g/mol. The summed E-state index contributed by atoms with van der Waals surface area (Å²) in [7, 11) is 1.84. The first kappa shape index (κ1) is 29.0. The number of fused-ring (bicyclic) bond motifs is 9. The van der Waals surface area contributed by atoms with Gasteiger partial charge in [0.05, 0.1) is 17.8 Å². The molecule has 6 bridgehead atoms. The number of piperidine rings is 1. The Morgan fingerprint density at radius 2 is 1.87 bits per heavy atom. The Balaban J connectivity index is 1.22. The van der Waals surface area contributed by atoms with Gasteiger partial charge in [-0.1, -0.05) is 12.1 Å². The molecule has 5 aromatic rings. The van der Waals surface area contributed by atoms with Gasteiger partial charge < -0.3 is 29.6 Å². The smallest absolute Gasteiger partial charge is 0.259 e. The molecule has 3 amide bonds. The minimum atomic E-state index is -0.654. The van der Waals surface area contributed by atoms with Crippen LogP contribution in [0, 0.1) is 5.82 Å². The molecule has 0 spiro atoms. The number of halogens is 1. The number of carbonyl (C=O) groups is 3. The minimum absolute atomic E-state index is 0.0558. The van der Waals surface area contributed by atoms with E-state index in [0.717, 1.165) is 5.56 Å². The van der Waals surface area contributed by atoms with Crippen molar-refractivity contribution in [2.45, 2.75) is 25.1 Å². The summed E-state index contributed by atoms with van der Waals surface area (Å²) in [5.41, 5.74) is 3.31. The van der Waals surface area contributed by atoms with E-state index < -0.39 is 23.9 Å². The fourth-order valence-electron chi connectivity index (χ4n) is 5.87. The second-order valence-corrected chi connectivity index (χ2v) is 11.4. The van der Waals surface area contributed by atoms with Crippen LogP contribution in [0.3, 0.4) is 0 Å². The quantitative estimate of drug-likeness (QED) is 0.294. The Hall–Kier alpha value is -5.72. The van der Waals surface area contributed by atoms with Gasteiger partial charge in [0.2, 0.25) is 0 Å². The van der Waals surface area contributed by atoms with Gasteiger partial charge in [-0.2, -0.15) is 5.10 Å². The topological polar surface area (TPSA) is 132 Å². The van der Waals surface area contributed by atoms with Crippen LogP contribution in [0.2, 0.25) is 0 Å². The van der Waals surface area contributed by atoms with Gasteiger partial charge in [0.15, 0.2) is 6.61 Å². The normalized spacial score (nSPS) is 18.6. The minimum Gasteiger partial charge on any atom is -0.488 e. The third-order valence-electron chi connectivity index (χ3n) is 8.16. The zero-order valence-corrected chi connectivity index (χ0v) is 24.9. The van der Waals surface area contributed by atoms with Crippen molar-refractivity contribution in [1.82, 2.24) is 34.7 Å². The number of hydrogen-bond donors (Lipinski definition) is 2. The molecule has 234 valence electrons. The van der Waals surface area contributed by atoms with E-state index in [4.69, 9.17) is 9.47 Å². The first-order valence-corrected chi connectivity index (χ1v) is 14.8. The van der Waals surface area contributed by atoms with Crippen LogP contribution in [0.4, 0.5) is 4.39 Å². The molecular weight excluding hydrogens is 593 g/mol. The third kappa shape index (κ3) is 5.86. The Kier molecular flexibility index (Phi) is 7.56. The van der Waals surface area contributed by atoms with Gasteiger partial charge in [-0.25, -0.2) is 8.91 Å². The fraction of sp³-hybridized carbons (Fsp3) is 0.242. The van der Waals surface area contributed by atoms with Gasteiger partial charge in [0.1, 0.15) is 34.6 Å². The lowest BCUT2D eigenvalue weighted by Crippen LogP contribution is -2.58. The number of aryl methyl sites for hydroxylation is 1. The summed E-state index contributed by atoms with van der Waals surface area (Å²) in [6, 6.07) is 12.4. The highest BCUT2D eigenvalue weighted by molar-refractivity contribution is 6.00. The number of ether oxygens (including phenoxy) is 2. The number of nitrogens with one attached hydrogen (secondary N) is 2. The number of amides is 3. The van der Waals surface area contributed by atoms with Gasteiger partial charge in [-0.15, -0.1) is 0 Å². The molecule has 2 aliphatic rings. The first-order chi connectivity index (χ1) is 22.3. The van der Waals surface area contributed by atoms with E-state index in [9.17, 15) is 18.8 Å². The summed E-state index contributed by atoms with van der Waals surface area (Å²) in [5, 5.41) is 10.1. The molecule has 46 heavy (non-hydrogen) atoms. The van der Waals surface area contributed by atoms with Gasteiger partial charge in [-0.3, -0.25) is 19.4 Å². The van der Waals surface area contributed by atoms with E-state index in [1.807, 2.05) is 23.9 Å². The molecule has 1 saturated heterocycles. The van der Waals surface area contributed by atoms with Gasteiger partial charge in [-0.05, 0) is 41.5 Å². The molecule has 3 aromatic heterocycles. The molecule has 13 heteroatoms. The summed E-state index contributed by atoms with van der Waals surface area (Å²) >= 11 is 0. The maximum absolute atomic E-state index is 14.7. The highest BCUT2D eigenvalue weighted by Gasteiger charge is 2.36. The lowest BCUT2D eigenvalue weighted by molar-refractivity contribution is -0.123. The van der Waals surface area contributed by atoms with Crippen LogP contribution in [0.5, 0.6) is 11.5 Å². The molecule has 0 aliphatic carbocycles. The number of rotatable bonds is 1. The number of aromatic nitrogens is 4. The second kappa shape index (κ2) is 12.0. The van der Waals surface area contributed by atoms with Crippen LogP contribution < -0.4 is 20.1 Å². The molecule has 1 fully saturated rings. The Morgan fingerprint density at radius 3 is 2.76 bits per heavy atom. The summed E-state index contributed by atoms with van der Waals surface area (Å²) in [5.74, 6) is -0.847. The van der Waals surface area contributed by atoms with Crippen LogP contribution >= 0.6 is 0 Å². The number of pyridine rings is 1. The predicted octanol–water partition coefficient (Wildman–Crippen LogP) is 2.97. The zero-order valence-electron chi connectivity index (χ0n) is 24.9. The third-order valence-corrected chi connectivity index (χ3v) is 8.16. The molecule has 12 nitrogen and oxygen atoms in total. The van der Waals surface area contributed by atoms with Crippen molar-refractivity contribution < 1.29 is 28.2 Å². The van der Waals surface area contributed by atoms with Crippen molar-refractivity contribution in [1.29, 1.82) is 0 Å². The van der Waals surface area contributed by atoms with Crippen LogP contribution in [0.15, 0.2) is 79.5 Å². The number of hydrogen-bond acceptors (Lipinski definition) is 7. The van der Waals surface area contributed by atoms with Crippen molar-refractivity contribution in [2.75, 3.05) is 19.7 Å². The number of nitrogens with zero attached hydrogens (tertiary/aromatic N) is 5. The van der Waals surface area contributed by atoms with E-state index in [2.05, 4.69) is 20.7 Å². The summed E-state index contributed by atoms with van der Waals surface area (Å²) in [6.45, 7) is 0.294. The van der Waals surface area contributed by atoms with Gasteiger partial charge >= 0.3 is 0 Å². The van der Waals surface area contributed by atoms with Crippen LogP contribution in [0.1, 0.15) is 32.7 Å². The first-order valence-electron chi connectivity index (χ1n) is 14.8. The number of carbonyl (C=O) groups excluding carboxylic acids is 3. The zero-order chi connectivity index (χ0) is 31.8. The van der Waals surface area contributed by atoms with Crippen molar-refractivity contribution in [2.24, 2.45) is 7.05 Å².